The molecular formula is C16H20N2O3. The van der Waals surface area contributed by atoms with Gasteiger partial charge < -0.3 is 10.1 Å². The molecule has 5 heteroatoms. The van der Waals surface area contributed by atoms with E-state index in [2.05, 4.69) is 5.32 Å². The summed E-state index contributed by atoms with van der Waals surface area (Å²) in [5.41, 5.74) is 1.45. The molecule has 21 heavy (non-hydrogen) atoms. The number of aryl methyl sites for hydroxylation is 1. The molecule has 1 N–H and O–H groups in total. The number of rotatable bonds is 5. The summed E-state index contributed by atoms with van der Waals surface area (Å²) >= 11 is 0. The van der Waals surface area contributed by atoms with Crippen LogP contribution in [0.2, 0.25) is 0 Å². The van der Waals surface area contributed by atoms with E-state index >= 15 is 0 Å². The van der Waals surface area contributed by atoms with E-state index < -0.39 is 18.1 Å². The minimum absolute atomic E-state index is 0.142. The molecule has 5 nitrogen and oxygen atoms in total. The van der Waals surface area contributed by atoms with E-state index in [0.29, 0.717) is 5.56 Å². The Labute approximate surface area is 124 Å². The van der Waals surface area contributed by atoms with Crippen LogP contribution >= 0.6 is 0 Å². The van der Waals surface area contributed by atoms with Gasteiger partial charge in [0.2, 0.25) is 0 Å². The molecule has 0 aromatic heterocycles. The Balaban J connectivity index is 2.82. The first-order chi connectivity index (χ1) is 9.85. The van der Waals surface area contributed by atoms with Crippen LogP contribution in [0.15, 0.2) is 24.3 Å². The maximum atomic E-state index is 12.2. The number of nitriles is 1. The molecule has 1 rings (SSSR count). The van der Waals surface area contributed by atoms with Crippen molar-refractivity contribution in [2.24, 2.45) is 5.92 Å². The standard InChI is InChI=1S/C16H20N2O3/c1-10(2)14(16(20)21-12(4)9-17)18-15(19)13-7-5-6-11(3)8-13/h5-8,10,12,14H,1-4H3,(H,18,19)/t12-,14+/m0/s1. The maximum Gasteiger partial charge on any atom is 0.330 e. The van der Waals surface area contributed by atoms with E-state index in [9.17, 15) is 9.59 Å². The van der Waals surface area contributed by atoms with Gasteiger partial charge in [0.05, 0.1) is 0 Å². The molecule has 1 aromatic rings. The van der Waals surface area contributed by atoms with Gasteiger partial charge in [-0.05, 0) is 31.9 Å². The molecule has 112 valence electrons. The largest absolute Gasteiger partial charge is 0.446 e. The molecule has 0 saturated carbocycles. The van der Waals surface area contributed by atoms with Crippen LogP contribution in [0.5, 0.6) is 0 Å². The van der Waals surface area contributed by atoms with Crippen LogP contribution in [0.4, 0.5) is 0 Å². The lowest BCUT2D eigenvalue weighted by Gasteiger charge is -2.21. The summed E-state index contributed by atoms with van der Waals surface area (Å²) in [5.74, 6) is -1.07. The number of hydrogen-bond donors (Lipinski definition) is 1. The molecule has 0 saturated heterocycles. The van der Waals surface area contributed by atoms with Gasteiger partial charge in [-0.3, -0.25) is 4.79 Å². The molecule has 0 heterocycles. The molecule has 0 unspecified atom stereocenters. The SMILES string of the molecule is Cc1cccc(C(=O)N[C@@H](C(=O)O[C@@H](C)C#N)C(C)C)c1. The number of esters is 1. The highest BCUT2D eigenvalue weighted by Gasteiger charge is 2.27. The van der Waals surface area contributed by atoms with Crippen LogP contribution in [0, 0.1) is 24.2 Å². The second-order valence-electron chi connectivity index (χ2n) is 5.27. The highest BCUT2D eigenvalue weighted by atomic mass is 16.5. The minimum atomic E-state index is -0.838. The number of hydrogen-bond acceptors (Lipinski definition) is 4. The summed E-state index contributed by atoms with van der Waals surface area (Å²) < 4.78 is 4.97. The third-order valence-electron chi connectivity index (χ3n) is 2.96. The lowest BCUT2D eigenvalue weighted by molar-refractivity contribution is -0.149. The Morgan fingerprint density at radius 3 is 2.48 bits per heavy atom. The second-order valence-corrected chi connectivity index (χ2v) is 5.27. The average Bonchev–Trinajstić information content (AvgIpc) is 2.43. The molecule has 0 fully saturated rings. The molecule has 0 bridgehead atoms. The van der Waals surface area contributed by atoms with Crippen LogP contribution < -0.4 is 5.32 Å². The van der Waals surface area contributed by atoms with Gasteiger partial charge in [-0.2, -0.15) is 5.26 Å². The van der Waals surface area contributed by atoms with E-state index in [0.717, 1.165) is 5.56 Å². The fourth-order valence-corrected chi connectivity index (χ4v) is 1.78. The Morgan fingerprint density at radius 1 is 1.29 bits per heavy atom. The minimum Gasteiger partial charge on any atom is -0.446 e. The van der Waals surface area contributed by atoms with E-state index in [1.54, 1.807) is 32.0 Å². The molecule has 2 atom stereocenters. The van der Waals surface area contributed by atoms with Crippen molar-refractivity contribution >= 4 is 11.9 Å². The Kier molecular flexibility index (Phi) is 5.92. The van der Waals surface area contributed by atoms with E-state index in [1.807, 2.05) is 19.1 Å². The number of amides is 1. The Bertz CT molecular complexity index is 561. The number of nitrogens with zero attached hydrogens (tertiary/aromatic N) is 1. The van der Waals surface area contributed by atoms with Crippen molar-refractivity contribution in [1.82, 2.24) is 5.32 Å². The second kappa shape index (κ2) is 7.44. The van der Waals surface area contributed by atoms with Crippen LogP contribution in [0.3, 0.4) is 0 Å². The van der Waals surface area contributed by atoms with Crippen LogP contribution in [0.1, 0.15) is 36.7 Å². The zero-order valence-electron chi connectivity index (χ0n) is 12.7. The van der Waals surface area contributed by atoms with Crippen molar-refractivity contribution in [1.29, 1.82) is 5.26 Å². The molecule has 1 amide bonds. The number of benzene rings is 1. The zero-order valence-corrected chi connectivity index (χ0v) is 12.7. The van der Waals surface area contributed by atoms with Gasteiger partial charge in [-0.1, -0.05) is 31.5 Å². The molecule has 0 radical (unpaired) electrons. The first-order valence-corrected chi connectivity index (χ1v) is 6.82. The van der Waals surface area contributed by atoms with Crippen molar-refractivity contribution in [2.45, 2.75) is 39.8 Å². The molecule has 0 aliphatic heterocycles. The summed E-state index contributed by atoms with van der Waals surface area (Å²) in [5, 5.41) is 11.3. The summed E-state index contributed by atoms with van der Waals surface area (Å²) in [6.07, 6.45) is -0.838. The Hall–Kier alpha value is -2.35. The molecule has 0 aliphatic carbocycles. The van der Waals surface area contributed by atoms with Crippen molar-refractivity contribution in [3.63, 3.8) is 0 Å². The van der Waals surface area contributed by atoms with Crippen molar-refractivity contribution in [2.75, 3.05) is 0 Å². The highest BCUT2D eigenvalue weighted by molar-refractivity contribution is 5.97. The van der Waals surface area contributed by atoms with Crippen LogP contribution in [0.25, 0.3) is 0 Å². The number of nitrogens with one attached hydrogen (secondary N) is 1. The van der Waals surface area contributed by atoms with Gasteiger partial charge in [-0.25, -0.2) is 4.79 Å². The average molecular weight is 288 g/mol. The predicted molar refractivity (Wildman–Crippen MR) is 78.4 cm³/mol. The predicted octanol–water partition coefficient (Wildman–Crippen LogP) is 2.20. The number of ether oxygens (including phenoxy) is 1. The summed E-state index contributed by atoms with van der Waals surface area (Å²) in [7, 11) is 0. The lowest BCUT2D eigenvalue weighted by atomic mass is 10.0. The summed E-state index contributed by atoms with van der Waals surface area (Å²) in [6.45, 7) is 6.98. The van der Waals surface area contributed by atoms with Gasteiger partial charge >= 0.3 is 5.97 Å². The van der Waals surface area contributed by atoms with Gasteiger partial charge in [0.25, 0.3) is 5.91 Å². The molecular weight excluding hydrogens is 268 g/mol. The smallest absolute Gasteiger partial charge is 0.330 e. The number of carbonyl (C=O) groups excluding carboxylic acids is 2. The van der Waals surface area contributed by atoms with E-state index in [1.165, 1.54) is 6.92 Å². The molecule has 0 spiro atoms. The van der Waals surface area contributed by atoms with Gasteiger partial charge in [0, 0.05) is 5.56 Å². The van der Waals surface area contributed by atoms with Gasteiger partial charge in [0.15, 0.2) is 6.10 Å². The van der Waals surface area contributed by atoms with Crippen LogP contribution in [-0.2, 0) is 9.53 Å². The van der Waals surface area contributed by atoms with Crippen molar-refractivity contribution in [3.8, 4) is 6.07 Å². The quantitative estimate of drug-likeness (QED) is 0.842. The van der Waals surface area contributed by atoms with E-state index in [-0.39, 0.29) is 11.8 Å². The first-order valence-electron chi connectivity index (χ1n) is 6.82. The van der Waals surface area contributed by atoms with Gasteiger partial charge in [0.1, 0.15) is 12.1 Å². The molecule has 1 aromatic carbocycles. The summed E-state index contributed by atoms with van der Waals surface area (Å²) in [6, 6.07) is 8.14. The summed E-state index contributed by atoms with van der Waals surface area (Å²) in [4.78, 5) is 24.2. The topological polar surface area (TPSA) is 79.2 Å². The fourth-order valence-electron chi connectivity index (χ4n) is 1.78. The molecule has 0 aliphatic rings. The highest BCUT2D eigenvalue weighted by Crippen LogP contribution is 2.09. The van der Waals surface area contributed by atoms with Crippen molar-refractivity contribution in [3.05, 3.63) is 35.4 Å². The first kappa shape index (κ1) is 16.7. The third-order valence-corrected chi connectivity index (χ3v) is 2.96. The zero-order chi connectivity index (χ0) is 16.0. The Morgan fingerprint density at radius 2 is 1.95 bits per heavy atom. The maximum absolute atomic E-state index is 12.2. The number of carbonyl (C=O) groups is 2. The van der Waals surface area contributed by atoms with E-state index in [4.69, 9.17) is 10.00 Å². The lowest BCUT2D eigenvalue weighted by Crippen LogP contribution is -2.46. The fraction of sp³-hybridized carbons (Fsp3) is 0.438. The normalized spacial score (nSPS) is 13.1. The monoisotopic (exact) mass is 288 g/mol. The van der Waals surface area contributed by atoms with Crippen LogP contribution in [-0.4, -0.2) is 24.0 Å². The van der Waals surface area contributed by atoms with Gasteiger partial charge in [-0.15, -0.1) is 0 Å². The third kappa shape index (κ3) is 4.92. The van der Waals surface area contributed by atoms with Crippen molar-refractivity contribution < 1.29 is 14.3 Å².